The van der Waals surface area contributed by atoms with Gasteiger partial charge in [0.15, 0.2) is 0 Å². The Kier molecular flexibility index (Phi) is 8.54. The summed E-state index contributed by atoms with van der Waals surface area (Å²) >= 11 is 1.68. The Balaban J connectivity index is 1.05. The number of ketones is 1. The second-order valence-corrected chi connectivity index (χ2v) is 13.5. The van der Waals surface area contributed by atoms with E-state index in [2.05, 4.69) is 51.8 Å². The van der Waals surface area contributed by atoms with Crippen molar-refractivity contribution in [3.63, 3.8) is 0 Å². The molecule has 0 unspecified atom stereocenters. The van der Waals surface area contributed by atoms with Crippen molar-refractivity contribution >= 4 is 44.3 Å². The number of ether oxygens (including phenoxy) is 2. The first-order valence-corrected chi connectivity index (χ1v) is 16.5. The Hall–Kier alpha value is -4.04. The van der Waals surface area contributed by atoms with Crippen molar-refractivity contribution in [2.45, 2.75) is 78.2 Å². The summed E-state index contributed by atoms with van der Waals surface area (Å²) in [4.78, 5) is 27.9. The minimum atomic E-state index is -0.483. The van der Waals surface area contributed by atoms with E-state index in [1.165, 1.54) is 5.56 Å². The van der Waals surface area contributed by atoms with Gasteiger partial charge in [-0.1, -0.05) is 30.3 Å². The molecule has 0 aliphatic carbocycles. The molecule has 5 aromatic rings. The van der Waals surface area contributed by atoms with Crippen LogP contribution in [0.1, 0.15) is 68.6 Å². The summed E-state index contributed by atoms with van der Waals surface area (Å²) in [7, 11) is 0. The molecule has 230 valence electrons. The van der Waals surface area contributed by atoms with Crippen LogP contribution in [0.4, 0.5) is 4.79 Å². The zero-order valence-corrected chi connectivity index (χ0v) is 26.9. The largest absolute Gasteiger partial charge is 0.490 e. The quantitative estimate of drug-likeness (QED) is 0.157. The van der Waals surface area contributed by atoms with Gasteiger partial charge in [0.05, 0.1) is 15.9 Å². The van der Waals surface area contributed by atoms with Crippen LogP contribution in [0.3, 0.4) is 0 Å². The van der Waals surface area contributed by atoms with Gasteiger partial charge in [0.25, 0.3) is 0 Å². The van der Waals surface area contributed by atoms with Gasteiger partial charge < -0.3 is 23.5 Å². The molecule has 3 aromatic heterocycles. The lowest BCUT2D eigenvalue weighted by molar-refractivity contribution is 0.0126. The van der Waals surface area contributed by atoms with Gasteiger partial charge in [-0.2, -0.15) is 0 Å². The molecule has 0 saturated carbocycles. The molecule has 1 aliphatic heterocycles. The summed E-state index contributed by atoms with van der Waals surface area (Å²) in [6.07, 6.45) is 5.35. The Morgan fingerprint density at radius 3 is 2.45 bits per heavy atom. The summed E-state index contributed by atoms with van der Waals surface area (Å²) in [6, 6.07) is 20.7. The van der Waals surface area contributed by atoms with Crippen LogP contribution in [0.2, 0.25) is 0 Å². The number of piperidine rings is 1. The Morgan fingerprint density at radius 2 is 1.73 bits per heavy atom. The molecular weight excluding hydrogens is 570 g/mol. The number of hydrogen-bond acceptors (Lipinski definition) is 5. The number of nitrogens with zero attached hydrogens (tertiary/aromatic N) is 3. The third-order valence-electron chi connectivity index (χ3n) is 8.29. The standard InChI is InChI=1S/C36H41N3O4S/c1-5-39-31-18-22-44-33(31)23-32(39)34(40)29-24-38(30-11-7-6-10-28(29)30)19-8-9-25-12-14-26(15-13-25)42-27-16-20-37(21-17-27)35(41)43-36(2,3)4/h6-7,10-15,18,22-24,27H,5,8-9,16-17,19-21H2,1-4H3. The number of hydrogen-bond donors (Lipinski definition) is 0. The molecule has 0 bridgehead atoms. The molecular formula is C36H41N3O4S. The maximum Gasteiger partial charge on any atom is 0.410 e. The first kappa shape index (κ1) is 30.0. The minimum absolute atomic E-state index is 0.0799. The SMILES string of the molecule is CCn1c(C(=O)c2cn(CCCc3ccc(OC4CCN(C(=O)OC(C)(C)C)CC4)cc3)c3ccccc23)cc2sccc21. The molecule has 2 aromatic carbocycles. The van der Waals surface area contributed by atoms with E-state index in [1.807, 2.05) is 57.3 Å². The lowest BCUT2D eigenvalue weighted by atomic mass is 10.1. The van der Waals surface area contributed by atoms with Crippen molar-refractivity contribution in [2.75, 3.05) is 13.1 Å². The highest BCUT2D eigenvalue weighted by Crippen LogP contribution is 2.30. The lowest BCUT2D eigenvalue weighted by Crippen LogP contribution is -2.44. The molecule has 6 rings (SSSR count). The molecule has 7 nitrogen and oxygen atoms in total. The number of aromatic nitrogens is 2. The number of para-hydroxylation sites is 1. The van der Waals surface area contributed by atoms with Crippen molar-refractivity contribution in [3.05, 3.63) is 89.1 Å². The second kappa shape index (κ2) is 12.5. The van der Waals surface area contributed by atoms with E-state index in [0.717, 1.165) is 76.9 Å². The van der Waals surface area contributed by atoms with Crippen LogP contribution in [0.15, 0.2) is 72.2 Å². The number of benzene rings is 2. The van der Waals surface area contributed by atoms with E-state index in [-0.39, 0.29) is 18.0 Å². The summed E-state index contributed by atoms with van der Waals surface area (Å²) in [5.74, 6) is 0.942. The first-order chi connectivity index (χ1) is 21.2. The van der Waals surface area contributed by atoms with Gasteiger partial charge in [-0.05, 0) is 81.8 Å². The maximum absolute atomic E-state index is 13.8. The third-order valence-corrected chi connectivity index (χ3v) is 9.14. The molecule has 0 spiro atoms. The summed E-state index contributed by atoms with van der Waals surface area (Å²) in [5, 5.41) is 3.08. The zero-order valence-electron chi connectivity index (χ0n) is 26.0. The Bertz CT molecular complexity index is 1760. The van der Waals surface area contributed by atoms with E-state index in [0.29, 0.717) is 13.1 Å². The van der Waals surface area contributed by atoms with Crippen molar-refractivity contribution in [2.24, 2.45) is 0 Å². The summed E-state index contributed by atoms with van der Waals surface area (Å²) < 4.78 is 17.2. The van der Waals surface area contributed by atoms with Crippen molar-refractivity contribution in [1.29, 1.82) is 0 Å². The van der Waals surface area contributed by atoms with Crippen LogP contribution in [0, 0.1) is 0 Å². The predicted octanol–water partition coefficient (Wildman–Crippen LogP) is 8.32. The first-order valence-electron chi connectivity index (χ1n) is 15.6. The van der Waals surface area contributed by atoms with E-state index in [4.69, 9.17) is 9.47 Å². The van der Waals surface area contributed by atoms with Gasteiger partial charge in [-0.25, -0.2) is 4.79 Å². The number of fused-ring (bicyclic) bond motifs is 2. The average molecular weight is 612 g/mol. The van der Waals surface area contributed by atoms with Crippen molar-refractivity contribution in [1.82, 2.24) is 14.0 Å². The Morgan fingerprint density at radius 1 is 0.977 bits per heavy atom. The molecule has 0 radical (unpaired) electrons. The molecule has 1 saturated heterocycles. The van der Waals surface area contributed by atoms with Crippen molar-refractivity contribution < 1.29 is 19.1 Å². The fourth-order valence-corrected chi connectivity index (χ4v) is 6.94. The fraction of sp³-hybridized carbons (Fsp3) is 0.389. The molecule has 44 heavy (non-hydrogen) atoms. The van der Waals surface area contributed by atoms with Crippen LogP contribution in [-0.2, 0) is 24.2 Å². The molecule has 0 N–H and O–H groups in total. The van der Waals surface area contributed by atoms with Gasteiger partial charge >= 0.3 is 6.09 Å². The highest BCUT2D eigenvalue weighted by atomic mass is 32.1. The van der Waals surface area contributed by atoms with E-state index in [9.17, 15) is 9.59 Å². The van der Waals surface area contributed by atoms with E-state index < -0.39 is 5.60 Å². The predicted molar refractivity (Wildman–Crippen MR) is 177 cm³/mol. The number of carbonyl (C=O) groups is 2. The van der Waals surface area contributed by atoms with Crippen LogP contribution in [0.25, 0.3) is 21.1 Å². The molecule has 0 atom stereocenters. The molecule has 1 aliphatic rings. The van der Waals surface area contributed by atoms with Crippen LogP contribution < -0.4 is 4.74 Å². The number of thiophene rings is 1. The van der Waals surface area contributed by atoms with Crippen LogP contribution in [-0.4, -0.2) is 50.7 Å². The van der Waals surface area contributed by atoms with E-state index in [1.54, 1.807) is 16.2 Å². The molecule has 8 heteroatoms. The number of amides is 1. The lowest BCUT2D eigenvalue weighted by Gasteiger charge is -2.33. The zero-order chi connectivity index (χ0) is 30.8. The van der Waals surface area contributed by atoms with Gasteiger partial charge in [0, 0.05) is 61.7 Å². The molecule has 4 heterocycles. The topological polar surface area (TPSA) is 65.7 Å². The van der Waals surface area contributed by atoms with Crippen LogP contribution >= 0.6 is 11.3 Å². The highest BCUT2D eigenvalue weighted by Gasteiger charge is 2.28. The van der Waals surface area contributed by atoms with Crippen molar-refractivity contribution in [3.8, 4) is 5.75 Å². The normalized spacial score (nSPS) is 14.4. The van der Waals surface area contributed by atoms with Crippen LogP contribution in [0.5, 0.6) is 5.75 Å². The highest BCUT2D eigenvalue weighted by molar-refractivity contribution is 7.17. The molecule has 1 amide bonds. The minimum Gasteiger partial charge on any atom is -0.490 e. The number of aryl methyl sites for hydroxylation is 3. The average Bonchev–Trinajstić information content (AvgIpc) is 3.71. The second-order valence-electron chi connectivity index (χ2n) is 12.6. The fourth-order valence-electron chi connectivity index (χ4n) is 6.12. The van der Waals surface area contributed by atoms with Gasteiger partial charge in [0.1, 0.15) is 17.5 Å². The summed E-state index contributed by atoms with van der Waals surface area (Å²) in [5.41, 5.74) is 4.51. The number of likely N-dealkylation sites (tertiary alicyclic amines) is 1. The summed E-state index contributed by atoms with van der Waals surface area (Å²) in [6.45, 7) is 10.6. The number of rotatable bonds is 9. The van der Waals surface area contributed by atoms with Gasteiger partial charge in [0.2, 0.25) is 5.78 Å². The molecule has 1 fully saturated rings. The van der Waals surface area contributed by atoms with E-state index >= 15 is 0 Å². The third kappa shape index (κ3) is 6.41. The Labute approximate surface area is 263 Å². The smallest absolute Gasteiger partial charge is 0.410 e. The number of carbonyl (C=O) groups excluding carboxylic acids is 2. The van der Waals surface area contributed by atoms with Gasteiger partial charge in [-0.15, -0.1) is 11.3 Å². The van der Waals surface area contributed by atoms with Gasteiger partial charge in [-0.3, -0.25) is 4.79 Å². The maximum atomic E-state index is 13.8. The monoisotopic (exact) mass is 611 g/mol.